The number of ether oxygens (including phenoxy) is 1. The summed E-state index contributed by atoms with van der Waals surface area (Å²) >= 11 is 0. The number of hydrogen-bond donors (Lipinski definition) is 1. The highest BCUT2D eigenvalue weighted by Crippen LogP contribution is 2.19. The highest BCUT2D eigenvalue weighted by molar-refractivity contribution is 5.79. The molecule has 0 aromatic heterocycles. The molecule has 6 heteroatoms. The number of rotatable bonds is 6. The molecule has 1 N–H and O–H groups in total. The van der Waals surface area contributed by atoms with Gasteiger partial charge in [-0.15, -0.1) is 0 Å². The topological polar surface area (TPSA) is 40.1 Å². The van der Waals surface area contributed by atoms with Crippen LogP contribution in [-0.2, 0) is 6.54 Å². The molecule has 1 unspecified atom stereocenters. The minimum atomic E-state index is -0.336. The number of hydrogen-bond acceptors (Lipinski definition) is 3. The van der Waals surface area contributed by atoms with Gasteiger partial charge >= 0.3 is 0 Å². The maximum atomic E-state index is 13.9. The molecule has 1 heterocycles. The summed E-state index contributed by atoms with van der Waals surface area (Å²) in [7, 11) is 5.22. The number of halogens is 1. The van der Waals surface area contributed by atoms with Gasteiger partial charge in [0.2, 0.25) is 0 Å². The highest BCUT2D eigenvalue weighted by atomic mass is 19.1. The van der Waals surface area contributed by atoms with Crippen LogP contribution in [0.15, 0.2) is 23.2 Å². The molecular weight excluding hydrogens is 319 g/mol. The van der Waals surface area contributed by atoms with E-state index < -0.39 is 0 Å². The normalized spacial score (nSPS) is 18.9. The van der Waals surface area contributed by atoms with Gasteiger partial charge in [-0.25, -0.2) is 4.39 Å². The summed E-state index contributed by atoms with van der Waals surface area (Å²) in [4.78, 5) is 8.91. The fourth-order valence-electron chi connectivity index (χ4n) is 3.46. The zero-order valence-electron chi connectivity index (χ0n) is 15.9. The predicted molar refractivity (Wildman–Crippen MR) is 101 cm³/mol. The lowest BCUT2D eigenvalue weighted by atomic mass is 10.0. The summed E-state index contributed by atoms with van der Waals surface area (Å²) in [5, 5.41) is 3.48. The molecule has 0 spiro atoms. The maximum Gasteiger partial charge on any atom is 0.193 e. The third-order valence-electron chi connectivity index (χ3n) is 4.86. The third-order valence-corrected chi connectivity index (χ3v) is 4.86. The Labute approximate surface area is 150 Å². The first-order valence-corrected chi connectivity index (χ1v) is 9.07. The maximum absolute atomic E-state index is 13.9. The van der Waals surface area contributed by atoms with Gasteiger partial charge in [0, 0.05) is 33.2 Å². The second-order valence-electron chi connectivity index (χ2n) is 6.53. The van der Waals surface area contributed by atoms with E-state index >= 15 is 0 Å². The van der Waals surface area contributed by atoms with Crippen LogP contribution in [0.4, 0.5) is 4.39 Å². The number of benzene rings is 1. The average Bonchev–Trinajstić information content (AvgIpc) is 2.62. The second-order valence-corrected chi connectivity index (χ2v) is 6.53. The number of likely N-dealkylation sites (tertiary alicyclic amines) is 1. The Morgan fingerprint density at radius 3 is 2.88 bits per heavy atom. The molecule has 1 fully saturated rings. The Bertz CT molecular complexity index is 579. The summed E-state index contributed by atoms with van der Waals surface area (Å²) < 4.78 is 18.8. The van der Waals surface area contributed by atoms with Gasteiger partial charge in [-0.2, -0.15) is 0 Å². The van der Waals surface area contributed by atoms with Crippen LogP contribution in [0.5, 0.6) is 5.75 Å². The first-order valence-electron chi connectivity index (χ1n) is 9.07. The molecule has 25 heavy (non-hydrogen) atoms. The fraction of sp³-hybridized carbons (Fsp3) is 0.632. The van der Waals surface area contributed by atoms with Crippen molar-refractivity contribution in [3.05, 3.63) is 29.6 Å². The van der Waals surface area contributed by atoms with E-state index in [4.69, 9.17) is 4.74 Å². The average molecular weight is 350 g/mol. The van der Waals surface area contributed by atoms with Crippen LogP contribution < -0.4 is 10.1 Å². The first kappa shape index (κ1) is 19.5. The highest BCUT2D eigenvalue weighted by Gasteiger charge is 2.21. The van der Waals surface area contributed by atoms with Crippen molar-refractivity contribution in [2.45, 2.75) is 38.8 Å². The molecular formula is C19H31FN4O. The Morgan fingerprint density at radius 1 is 1.44 bits per heavy atom. The van der Waals surface area contributed by atoms with Crippen LogP contribution >= 0.6 is 0 Å². The van der Waals surface area contributed by atoms with Gasteiger partial charge < -0.3 is 15.0 Å². The van der Waals surface area contributed by atoms with Gasteiger partial charge in [-0.05, 0) is 43.6 Å². The van der Waals surface area contributed by atoms with Gasteiger partial charge in [-0.3, -0.25) is 9.89 Å². The molecule has 0 aliphatic carbocycles. The molecule has 2 rings (SSSR count). The van der Waals surface area contributed by atoms with Gasteiger partial charge in [0.05, 0.1) is 7.11 Å². The van der Waals surface area contributed by atoms with Crippen LogP contribution in [0.25, 0.3) is 0 Å². The molecule has 0 radical (unpaired) electrons. The standard InChI is InChI=1S/C19H31FN4O/c1-5-24-11-7-6-8-16(24)13-22-19(21-2)23(3)14-15-9-10-18(25-4)17(20)12-15/h9-10,12,16H,5-8,11,13-14H2,1-4H3,(H,21,22). The molecule has 1 saturated heterocycles. The lowest BCUT2D eigenvalue weighted by Gasteiger charge is -2.35. The van der Waals surface area contributed by atoms with E-state index in [2.05, 4.69) is 22.1 Å². The lowest BCUT2D eigenvalue weighted by Crippen LogP contribution is -2.49. The molecule has 5 nitrogen and oxygen atoms in total. The molecule has 1 aromatic rings. The number of piperidine rings is 1. The predicted octanol–water partition coefficient (Wildman–Crippen LogP) is 2.72. The number of aliphatic imine (C=N–C) groups is 1. The number of nitrogens with zero attached hydrogens (tertiary/aromatic N) is 3. The molecule has 0 bridgehead atoms. The Morgan fingerprint density at radius 2 is 2.24 bits per heavy atom. The van der Waals surface area contributed by atoms with Crippen molar-refractivity contribution in [3.63, 3.8) is 0 Å². The summed E-state index contributed by atoms with van der Waals surface area (Å²) in [6.45, 7) is 5.97. The molecule has 1 aliphatic heterocycles. The summed E-state index contributed by atoms with van der Waals surface area (Å²) in [5.74, 6) is 0.765. The largest absolute Gasteiger partial charge is 0.494 e. The Hall–Kier alpha value is -1.82. The minimum absolute atomic E-state index is 0.269. The summed E-state index contributed by atoms with van der Waals surface area (Å²) in [5.41, 5.74) is 0.886. The van der Waals surface area contributed by atoms with Gasteiger partial charge in [-0.1, -0.05) is 19.4 Å². The second kappa shape index (κ2) is 9.61. The number of methoxy groups -OCH3 is 1. The monoisotopic (exact) mass is 350 g/mol. The third kappa shape index (κ3) is 5.33. The van der Waals surface area contributed by atoms with Crippen LogP contribution in [0.2, 0.25) is 0 Å². The number of guanidine groups is 1. The van der Waals surface area contributed by atoms with Crippen LogP contribution in [0.1, 0.15) is 31.7 Å². The van der Waals surface area contributed by atoms with Crippen molar-refractivity contribution >= 4 is 5.96 Å². The van der Waals surface area contributed by atoms with Gasteiger partial charge in [0.15, 0.2) is 17.5 Å². The fourth-order valence-corrected chi connectivity index (χ4v) is 3.46. The Balaban J connectivity index is 1.92. The SMILES string of the molecule is CCN1CCCCC1CNC(=NC)N(C)Cc1ccc(OC)c(F)c1. The van der Waals surface area contributed by atoms with Crippen LogP contribution in [-0.4, -0.2) is 62.6 Å². The van der Waals surface area contributed by atoms with Crippen LogP contribution in [0, 0.1) is 5.82 Å². The van der Waals surface area contributed by atoms with Crippen molar-refractivity contribution in [2.75, 3.05) is 40.8 Å². The molecule has 1 aliphatic rings. The molecule has 0 amide bonds. The quantitative estimate of drug-likeness (QED) is 0.633. The van der Waals surface area contributed by atoms with E-state index in [1.54, 1.807) is 13.1 Å². The van der Waals surface area contributed by atoms with Crippen LogP contribution in [0.3, 0.4) is 0 Å². The van der Waals surface area contributed by atoms with Crippen molar-refractivity contribution in [1.29, 1.82) is 0 Å². The number of likely N-dealkylation sites (N-methyl/N-ethyl adjacent to an activating group) is 1. The number of nitrogens with one attached hydrogen (secondary N) is 1. The van der Waals surface area contributed by atoms with Gasteiger partial charge in [0.1, 0.15) is 0 Å². The first-order chi connectivity index (χ1) is 12.1. The summed E-state index contributed by atoms with van der Waals surface area (Å²) in [6.07, 6.45) is 3.82. The van der Waals surface area contributed by atoms with Crippen molar-refractivity contribution in [2.24, 2.45) is 4.99 Å². The molecule has 140 valence electrons. The zero-order valence-corrected chi connectivity index (χ0v) is 15.9. The zero-order chi connectivity index (χ0) is 18.2. The van der Waals surface area contributed by atoms with Gasteiger partial charge in [0.25, 0.3) is 0 Å². The van der Waals surface area contributed by atoms with E-state index in [1.807, 2.05) is 18.0 Å². The van der Waals surface area contributed by atoms with Crippen molar-refractivity contribution in [1.82, 2.24) is 15.1 Å². The van der Waals surface area contributed by atoms with E-state index in [0.29, 0.717) is 12.6 Å². The minimum Gasteiger partial charge on any atom is -0.494 e. The van der Waals surface area contributed by atoms with E-state index in [9.17, 15) is 4.39 Å². The molecule has 0 saturated carbocycles. The lowest BCUT2D eigenvalue weighted by molar-refractivity contribution is 0.156. The van der Waals surface area contributed by atoms with Crippen molar-refractivity contribution < 1.29 is 9.13 Å². The van der Waals surface area contributed by atoms with E-state index in [0.717, 1.165) is 24.6 Å². The molecule has 1 aromatic carbocycles. The molecule has 1 atom stereocenters. The summed E-state index contributed by atoms with van der Waals surface area (Å²) in [6, 6.07) is 5.62. The van der Waals surface area contributed by atoms with Crippen molar-refractivity contribution in [3.8, 4) is 5.75 Å². The Kier molecular flexibility index (Phi) is 7.50. The smallest absolute Gasteiger partial charge is 0.193 e. The van der Waals surface area contributed by atoms with E-state index in [1.165, 1.54) is 39.0 Å². The van der Waals surface area contributed by atoms with E-state index in [-0.39, 0.29) is 11.6 Å².